The maximum atomic E-state index is 12.7. The summed E-state index contributed by atoms with van der Waals surface area (Å²) in [5, 5.41) is 0. The maximum Gasteiger partial charge on any atom is 0.416 e. The molecule has 0 aromatic heterocycles. The van der Waals surface area contributed by atoms with Gasteiger partial charge in [0.1, 0.15) is 11.2 Å². The van der Waals surface area contributed by atoms with Crippen molar-refractivity contribution in [2.24, 2.45) is 0 Å². The molecule has 1 unspecified atom stereocenters. The van der Waals surface area contributed by atoms with E-state index in [0.717, 1.165) is 17.7 Å². The summed E-state index contributed by atoms with van der Waals surface area (Å²) in [7, 11) is 0. The third-order valence-electron chi connectivity index (χ3n) is 4.45. The van der Waals surface area contributed by atoms with Gasteiger partial charge in [0.05, 0.1) is 18.7 Å². The minimum atomic E-state index is -4.35. The van der Waals surface area contributed by atoms with Crippen molar-refractivity contribution in [3.8, 4) is 0 Å². The standard InChI is InChI=1S/C19H22F3NO3/c1-17(2,3)26-16(24)23-9-8-18(12-23)10-14(11-25-18)13-4-6-15(7-5-13)19(20,21)22/h4-7,10H,8-9,11-12H2,1-3H3. The Balaban J connectivity index is 1.71. The molecule has 2 heterocycles. The van der Waals surface area contributed by atoms with E-state index in [9.17, 15) is 18.0 Å². The highest BCUT2D eigenvalue weighted by atomic mass is 19.4. The minimum absolute atomic E-state index is 0.313. The van der Waals surface area contributed by atoms with Crippen LogP contribution in [0.2, 0.25) is 0 Å². The zero-order valence-corrected chi connectivity index (χ0v) is 15.0. The van der Waals surface area contributed by atoms with Gasteiger partial charge in [-0.05, 0) is 56.5 Å². The quantitative estimate of drug-likeness (QED) is 0.732. The molecule has 0 radical (unpaired) electrons. The molecule has 142 valence electrons. The molecule has 1 saturated heterocycles. The highest BCUT2D eigenvalue weighted by Gasteiger charge is 2.44. The number of halogens is 3. The van der Waals surface area contributed by atoms with Gasteiger partial charge in [-0.15, -0.1) is 0 Å². The van der Waals surface area contributed by atoms with Gasteiger partial charge in [-0.1, -0.05) is 12.1 Å². The van der Waals surface area contributed by atoms with E-state index >= 15 is 0 Å². The van der Waals surface area contributed by atoms with E-state index in [1.165, 1.54) is 12.1 Å². The van der Waals surface area contributed by atoms with Gasteiger partial charge in [0.25, 0.3) is 0 Å². The van der Waals surface area contributed by atoms with Gasteiger partial charge < -0.3 is 14.4 Å². The molecule has 1 atom stereocenters. The van der Waals surface area contributed by atoms with Crippen molar-refractivity contribution >= 4 is 11.7 Å². The van der Waals surface area contributed by atoms with Gasteiger partial charge in [0.15, 0.2) is 0 Å². The monoisotopic (exact) mass is 369 g/mol. The van der Waals surface area contributed by atoms with Crippen molar-refractivity contribution < 1.29 is 27.4 Å². The highest BCUT2D eigenvalue weighted by molar-refractivity contribution is 5.72. The molecule has 1 aromatic carbocycles. The highest BCUT2D eigenvalue weighted by Crippen LogP contribution is 2.38. The number of alkyl halides is 3. The normalized spacial score (nSPS) is 23.5. The average Bonchev–Trinajstić information content (AvgIpc) is 3.13. The zero-order chi connectivity index (χ0) is 19.2. The predicted octanol–water partition coefficient (Wildman–Crippen LogP) is 4.50. The Kier molecular flexibility index (Phi) is 4.55. The van der Waals surface area contributed by atoms with Crippen molar-refractivity contribution in [1.29, 1.82) is 0 Å². The van der Waals surface area contributed by atoms with Gasteiger partial charge in [-0.25, -0.2) is 4.79 Å². The van der Waals surface area contributed by atoms with Crippen LogP contribution in [0.25, 0.3) is 5.57 Å². The molecule has 0 aliphatic carbocycles. The topological polar surface area (TPSA) is 38.8 Å². The molecule has 2 aliphatic rings. The summed E-state index contributed by atoms with van der Waals surface area (Å²) in [6.07, 6.45) is -2.16. The van der Waals surface area contributed by atoms with Crippen LogP contribution in [-0.4, -0.2) is 41.9 Å². The lowest BCUT2D eigenvalue weighted by Gasteiger charge is -2.25. The number of benzene rings is 1. The van der Waals surface area contributed by atoms with Crippen LogP contribution in [0.15, 0.2) is 30.3 Å². The van der Waals surface area contributed by atoms with Gasteiger partial charge in [0.2, 0.25) is 0 Å². The minimum Gasteiger partial charge on any atom is -0.444 e. The SMILES string of the molecule is CC(C)(C)OC(=O)N1CCC2(C=C(c3ccc(C(F)(F)F)cc3)CO2)C1. The van der Waals surface area contributed by atoms with Crippen molar-refractivity contribution in [3.63, 3.8) is 0 Å². The van der Waals surface area contributed by atoms with E-state index in [4.69, 9.17) is 9.47 Å². The van der Waals surface area contributed by atoms with Gasteiger partial charge in [0, 0.05) is 6.54 Å². The molecule has 0 N–H and O–H groups in total. The molecule has 7 heteroatoms. The first kappa shape index (κ1) is 18.8. The van der Waals surface area contributed by atoms with Crippen LogP contribution in [0.1, 0.15) is 38.3 Å². The summed E-state index contributed by atoms with van der Waals surface area (Å²) in [5.74, 6) is 0. The largest absolute Gasteiger partial charge is 0.444 e. The van der Waals surface area contributed by atoms with E-state index in [1.54, 1.807) is 4.90 Å². The van der Waals surface area contributed by atoms with Crippen molar-refractivity contribution in [2.75, 3.05) is 19.7 Å². The molecule has 2 aliphatic heterocycles. The van der Waals surface area contributed by atoms with Gasteiger partial charge in [-0.3, -0.25) is 0 Å². The molecule has 0 bridgehead atoms. The average molecular weight is 369 g/mol. The third kappa shape index (κ3) is 4.03. The Morgan fingerprint density at radius 3 is 2.42 bits per heavy atom. The predicted molar refractivity (Wildman–Crippen MR) is 90.5 cm³/mol. The number of carbonyl (C=O) groups excluding carboxylic acids is 1. The summed E-state index contributed by atoms with van der Waals surface area (Å²) in [5.41, 5.74) is -0.290. The van der Waals surface area contributed by atoms with Crippen LogP contribution >= 0.6 is 0 Å². The van der Waals surface area contributed by atoms with Crippen molar-refractivity contribution in [3.05, 3.63) is 41.5 Å². The van der Waals surface area contributed by atoms with Crippen LogP contribution in [-0.2, 0) is 15.7 Å². The lowest BCUT2D eigenvalue weighted by molar-refractivity contribution is -0.137. The molecular weight excluding hydrogens is 347 g/mol. The Hall–Kier alpha value is -2.02. The summed E-state index contributed by atoms with van der Waals surface area (Å²) >= 11 is 0. The van der Waals surface area contributed by atoms with Gasteiger partial charge in [-0.2, -0.15) is 13.2 Å². The number of carbonyl (C=O) groups is 1. The lowest BCUT2D eigenvalue weighted by atomic mass is 9.98. The van der Waals surface area contributed by atoms with Crippen LogP contribution in [0.3, 0.4) is 0 Å². The van der Waals surface area contributed by atoms with Crippen LogP contribution in [0.4, 0.5) is 18.0 Å². The van der Waals surface area contributed by atoms with E-state index in [-0.39, 0.29) is 6.09 Å². The molecule has 0 saturated carbocycles. The fourth-order valence-corrected chi connectivity index (χ4v) is 3.19. The fourth-order valence-electron chi connectivity index (χ4n) is 3.19. The lowest BCUT2D eigenvalue weighted by Crippen LogP contribution is -2.38. The maximum absolute atomic E-state index is 12.7. The van der Waals surface area contributed by atoms with Gasteiger partial charge >= 0.3 is 12.3 Å². The van der Waals surface area contributed by atoms with Crippen molar-refractivity contribution in [1.82, 2.24) is 4.90 Å². The first-order valence-electron chi connectivity index (χ1n) is 8.49. The number of nitrogens with zero attached hydrogens (tertiary/aromatic N) is 1. The van der Waals surface area contributed by atoms with E-state index in [0.29, 0.717) is 31.7 Å². The zero-order valence-electron chi connectivity index (χ0n) is 15.0. The van der Waals surface area contributed by atoms with E-state index in [2.05, 4.69) is 0 Å². The molecule has 1 aromatic rings. The molecule has 26 heavy (non-hydrogen) atoms. The molecular formula is C19H22F3NO3. The van der Waals surface area contributed by atoms with Crippen LogP contribution in [0.5, 0.6) is 0 Å². The second kappa shape index (κ2) is 6.30. The van der Waals surface area contributed by atoms with Crippen LogP contribution < -0.4 is 0 Å². The number of likely N-dealkylation sites (tertiary alicyclic amines) is 1. The number of ether oxygens (including phenoxy) is 2. The summed E-state index contributed by atoms with van der Waals surface area (Å²) < 4.78 is 49.4. The van der Waals surface area contributed by atoms with Crippen molar-refractivity contribution in [2.45, 2.75) is 44.6 Å². The summed E-state index contributed by atoms with van der Waals surface area (Å²) in [4.78, 5) is 13.8. The summed E-state index contributed by atoms with van der Waals surface area (Å²) in [6, 6.07) is 5.06. The number of hydrogen-bond donors (Lipinski definition) is 0. The first-order valence-corrected chi connectivity index (χ1v) is 8.49. The van der Waals surface area contributed by atoms with Crippen LogP contribution in [0, 0.1) is 0 Å². The molecule has 1 spiro atoms. The van der Waals surface area contributed by atoms with E-state index < -0.39 is 22.9 Å². The molecule has 4 nitrogen and oxygen atoms in total. The second-order valence-corrected chi connectivity index (χ2v) is 7.75. The number of hydrogen-bond acceptors (Lipinski definition) is 3. The summed E-state index contributed by atoms with van der Waals surface area (Å²) in [6.45, 7) is 6.65. The fraction of sp³-hybridized carbons (Fsp3) is 0.526. The molecule has 1 amide bonds. The number of rotatable bonds is 1. The third-order valence-corrected chi connectivity index (χ3v) is 4.45. The molecule has 3 rings (SSSR count). The Labute approximate surface area is 150 Å². The smallest absolute Gasteiger partial charge is 0.416 e. The first-order chi connectivity index (χ1) is 12.0. The van der Waals surface area contributed by atoms with E-state index in [1.807, 2.05) is 26.8 Å². The Morgan fingerprint density at radius 1 is 1.19 bits per heavy atom. The Morgan fingerprint density at radius 2 is 1.85 bits per heavy atom. The second-order valence-electron chi connectivity index (χ2n) is 7.75. The number of amides is 1. The molecule has 1 fully saturated rings. The Bertz CT molecular complexity index is 719.